The molecule has 0 saturated carbocycles. The molecule has 0 aromatic heterocycles. The Morgan fingerprint density at radius 1 is 1.06 bits per heavy atom. The van der Waals surface area contributed by atoms with E-state index >= 15 is 0 Å². The molecule has 0 saturated heterocycles. The van der Waals surface area contributed by atoms with Gasteiger partial charge in [-0.1, -0.05) is 13.2 Å². The standard InChI is InChI=1S/C12H18O6/c1-4-10(13)17-12(18-11(14)5-2)9-16-8-7-15-6-3/h4-5,12H,1-2,6-9H2,3H3. The fourth-order valence-electron chi connectivity index (χ4n) is 0.889. The van der Waals surface area contributed by atoms with Crippen molar-refractivity contribution in [2.45, 2.75) is 13.2 Å². The Hall–Kier alpha value is -1.66. The highest BCUT2D eigenvalue weighted by Crippen LogP contribution is 1.99. The van der Waals surface area contributed by atoms with Gasteiger partial charge in [-0.2, -0.15) is 0 Å². The Morgan fingerprint density at radius 2 is 1.56 bits per heavy atom. The Bertz CT molecular complexity index is 264. The van der Waals surface area contributed by atoms with Crippen molar-refractivity contribution in [1.82, 2.24) is 0 Å². The van der Waals surface area contributed by atoms with Crippen LogP contribution in [0.4, 0.5) is 0 Å². The van der Waals surface area contributed by atoms with Crippen LogP contribution in [0.25, 0.3) is 0 Å². The molecular weight excluding hydrogens is 240 g/mol. The van der Waals surface area contributed by atoms with Crippen LogP contribution in [0.3, 0.4) is 0 Å². The summed E-state index contributed by atoms with van der Waals surface area (Å²) in [6.45, 7) is 9.56. The number of hydrogen-bond acceptors (Lipinski definition) is 6. The zero-order valence-corrected chi connectivity index (χ0v) is 10.4. The summed E-state index contributed by atoms with van der Waals surface area (Å²) in [6.07, 6.45) is 0.812. The average Bonchev–Trinajstić information content (AvgIpc) is 2.37. The largest absolute Gasteiger partial charge is 0.419 e. The number of hydrogen-bond donors (Lipinski definition) is 0. The van der Waals surface area contributed by atoms with Gasteiger partial charge in [-0.25, -0.2) is 9.59 Å². The van der Waals surface area contributed by atoms with Crippen molar-refractivity contribution in [2.24, 2.45) is 0 Å². The molecular formula is C12H18O6. The normalized spacial score (nSPS) is 9.89. The average molecular weight is 258 g/mol. The molecule has 0 aliphatic rings. The maximum Gasteiger partial charge on any atom is 0.333 e. The molecule has 18 heavy (non-hydrogen) atoms. The first-order valence-corrected chi connectivity index (χ1v) is 5.45. The van der Waals surface area contributed by atoms with Crippen LogP contribution in [0.2, 0.25) is 0 Å². The molecule has 0 fully saturated rings. The summed E-state index contributed by atoms with van der Waals surface area (Å²) in [4.78, 5) is 22.0. The van der Waals surface area contributed by atoms with Gasteiger partial charge in [0.15, 0.2) is 0 Å². The van der Waals surface area contributed by atoms with E-state index in [1.165, 1.54) is 0 Å². The first-order valence-electron chi connectivity index (χ1n) is 5.45. The topological polar surface area (TPSA) is 71.1 Å². The molecule has 0 bridgehead atoms. The van der Waals surface area contributed by atoms with E-state index in [4.69, 9.17) is 18.9 Å². The molecule has 6 heteroatoms. The lowest BCUT2D eigenvalue weighted by Gasteiger charge is -2.16. The molecule has 0 rings (SSSR count). The Labute approximate surface area is 106 Å². The van der Waals surface area contributed by atoms with E-state index in [0.717, 1.165) is 12.2 Å². The molecule has 6 nitrogen and oxygen atoms in total. The minimum absolute atomic E-state index is 0.0771. The van der Waals surface area contributed by atoms with Crippen molar-refractivity contribution in [1.29, 1.82) is 0 Å². The van der Waals surface area contributed by atoms with Crippen LogP contribution in [-0.2, 0) is 28.5 Å². The smallest absolute Gasteiger partial charge is 0.333 e. The lowest BCUT2D eigenvalue weighted by atomic mass is 10.6. The summed E-state index contributed by atoms with van der Waals surface area (Å²) in [5, 5.41) is 0. The van der Waals surface area contributed by atoms with E-state index in [2.05, 4.69) is 13.2 Å². The summed E-state index contributed by atoms with van der Waals surface area (Å²) in [7, 11) is 0. The minimum Gasteiger partial charge on any atom is -0.419 e. The molecule has 0 radical (unpaired) electrons. The van der Waals surface area contributed by atoms with Crippen LogP contribution < -0.4 is 0 Å². The molecule has 0 atom stereocenters. The van der Waals surface area contributed by atoms with Crippen molar-refractivity contribution in [3.63, 3.8) is 0 Å². The molecule has 0 aliphatic heterocycles. The summed E-state index contributed by atoms with van der Waals surface area (Å²) in [5.74, 6) is -1.41. The summed E-state index contributed by atoms with van der Waals surface area (Å²) in [5.41, 5.74) is 0. The molecule has 0 aromatic carbocycles. The zero-order valence-electron chi connectivity index (χ0n) is 10.4. The fraction of sp³-hybridized carbons (Fsp3) is 0.500. The summed E-state index contributed by atoms with van der Waals surface area (Å²) in [6, 6.07) is 0. The van der Waals surface area contributed by atoms with Crippen LogP contribution >= 0.6 is 0 Å². The van der Waals surface area contributed by atoms with Crippen molar-refractivity contribution < 1.29 is 28.5 Å². The van der Waals surface area contributed by atoms with Gasteiger partial charge in [0.25, 0.3) is 6.29 Å². The van der Waals surface area contributed by atoms with E-state index in [1.54, 1.807) is 0 Å². The first-order chi connectivity index (χ1) is 8.63. The SMILES string of the molecule is C=CC(=O)OC(COCCOCC)OC(=O)C=C. The predicted molar refractivity (Wildman–Crippen MR) is 63.7 cm³/mol. The van der Waals surface area contributed by atoms with Gasteiger partial charge >= 0.3 is 11.9 Å². The van der Waals surface area contributed by atoms with Gasteiger partial charge in [0.2, 0.25) is 0 Å². The molecule has 0 N–H and O–H groups in total. The van der Waals surface area contributed by atoms with Gasteiger partial charge in [0.05, 0.1) is 13.2 Å². The molecule has 0 heterocycles. The first kappa shape index (κ1) is 16.3. The Morgan fingerprint density at radius 3 is 2.00 bits per heavy atom. The number of rotatable bonds is 10. The monoisotopic (exact) mass is 258 g/mol. The second-order valence-electron chi connectivity index (χ2n) is 2.98. The van der Waals surface area contributed by atoms with Gasteiger partial charge in [-0.3, -0.25) is 0 Å². The van der Waals surface area contributed by atoms with Crippen molar-refractivity contribution in [3.05, 3.63) is 25.3 Å². The van der Waals surface area contributed by atoms with E-state index in [0.29, 0.717) is 19.8 Å². The Kier molecular flexibility index (Phi) is 9.52. The molecule has 0 spiro atoms. The lowest BCUT2D eigenvalue weighted by Crippen LogP contribution is -2.28. The molecule has 0 aromatic rings. The number of ether oxygens (including phenoxy) is 4. The van der Waals surface area contributed by atoms with E-state index in [1.807, 2.05) is 6.92 Å². The maximum absolute atomic E-state index is 11.0. The highest BCUT2D eigenvalue weighted by atomic mass is 16.7. The van der Waals surface area contributed by atoms with E-state index < -0.39 is 18.2 Å². The lowest BCUT2D eigenvalue weighted by molar-refractivity contribution is -0.191. The van der Waals surface area contributed by atoms with Crippen LogP contribution in [0.15, 0.2) is 25.3 Å². The summed E-state index contributed by atoms with van der Waals surface area (Å²) >= 11 is 0. The minimum atomic E-state index is -1.12. The van der Waals surface area contributed by atoms with Crippen LogP contribution in [0, 0.1) is 0 Å². The maximum atomic E-state index is 11.0. The summed E-state index contributed by atoms with van der Waals surface area (Å²) < 4.78 is 19.7. The highest BCUT2D eigenvalue weighted by Gasteiger charge is 2.16. The molecule has 0 aliphatic carbocycles. The fourth-order valence-corrected chi connectivity index (χ4v) is 0.889. The van der Waals surface area contributed by atoms with Gasteiger partial charge < -0.3 is 18.9 Å². The van der Waals surface area contributed by atoms with Crippen molar-refractivity contribution >= 4 is 11.9 Å². The number of carbonyl (C=O) groups is 2. The van der Waals surface area contributed by atoms with Crippen LogP contribution in [-0.4, -0.2) is 44.7 Å². The van der Waals surface area contributed by atoms with Gasteiger partial charge in [-0.15, -0.1) is 0 Å². The third kappa shape index (κ3) is 8.49. The van der Waals surface area contributed by atoms with Crippen LogP contribution in [0.5, 0.6) is 0 Å². The number of esters is 2. The highest BCUT2D eigenvalue weighted by molar-refractivity contribution is 5.83. The van der Waals surface area contributed by atoms with Gasteiger partial charge in [0.1, 0.15) is 6.61 Å². The van der Waals surface area contributed by atoms with Crippen LogP contribution in [0.1, 0.15) is 6.92 Å². The molecule has 102 valence electrons. The molecule has 0 amide bonds. The second kappa shape index (κ2) is 10.5. The second-order valence-corrected chi connectivity index (χ2v) is 2.98. The van der Waals surface area contributed by atoms with E-state index in [9.17, 15) is 9.59 Å². The third-order valence-corrected chi connectivity index (χ3v) is 1.66. The van der Waals surface area contributed by atoms with Gasteiger partial charge in [-0.05, 0) is 6.92 Å². The third-order valence-electron chi connectivity index (χ3n) is 1.66. The quantitative estimate of drug-likeness (QED) is 0.250. The van der Waals surface area contributed by atoms with Crippen molar-refractivity contribution in [2.75, 3.05) is 26.4 Å². The predicted octanol–water partition coefficient (Wildman–Crippen LogP) is 0.824. The van der Waals surface area contributed by atoms with Crippen molar-refractivity contribution in [3.8, 4) is 0 Å². The Balaban J connectivity index is 4.03. The van der Waals surface area contributed by atoms with E-state index in [-0.39, 0.29) is 6.61 Å². The zero-order chi connectivity index (χ0) is 13.8. The number of carbonyl (C=O) groups excluding carboxylic acids is 2. The molecule has 0 unspecified atom stereocenters. The van der Waals surface area contributed by atoms with Gasteiger partial charge in [0, 0.05) is 18.8 Å².